The van der Waals surface area contributed by atoms with Crippen molar-refractivity contribution in [3.63, 3.8) is 0 Å². The topological polar surface area (TPSA) is 63.1 Å². The van der Waals surface area contributed by atoms with Gasteiger partial charge in [0, 0.05) is 17.9 Å². The van der Waals surface area contributed by atoms with Gasteiger partial charge in [-0.15, -0.1) is 13.2 Å². The summed E-state index contributed by atoms with van der Waals surface area (Å²) in [5, 5.41) is 2.61. The number of nitrogens with one attached hydrogen (secondary N) is 2. The Balaban J connectivity index is 1.84. The molecule has 6 nitrogen and oxygen atoms in total. The number of hydrogen-bond donors (Lipinski definition) is 2. The molecule has 29 heavy (non-hydrogen) atoms. The van der Waals surface area contributed by atoms with Crippen LogP contribution >= 0.6 is 0 Å². The summed E-state index contributed by atoms with van der Waals surface area (Å²) in [7, 11) is 1.75. The second kappa shape index (κ2) is 10.3. The van der Waals surface area contributed by atoms with Crippen molar-refractivity contribution in [1.29, 1.82) is 0 Å². The quantitative estimate of drug-likeness (QED) is 0.652. The van der Waals surface area contributed by atoms with Crippen LogP contribution in [0.2, 0.25) is 0 Å². The van der Waals surface area contributed by atoms with E-state index in [4.69, 9.17) is 0 Å². The lowest BCUT2D eigenvalue weighted by Crippen LogP contribution is -3.11. The number of carbonyl (C=O) groups is 2. The number of amides is 2. The number of hydrogen-bond acceptors (Lipinski definition) is 3. The van der Waals surface area contributed by atoms with Crippen LogP contribution in [0.1, 0.15) is 32.6 Å². The lowest BCUT2D eigenvalue weighted by Gasteiger charge is -2.24. The Kier molecular flexibility index (Phi) is 8.07. The van der Waals surface area contributed by atoms with E-state index in [-0.39, 0.29) is 30.7 Å². The standard InChI is InChI=1S/C20H26F3N3O3/c1-3-12-26(16-6-4-5-7-16)19(28)14-25(2)13-18(27)24-15-8-10-17(11-9-15)29-20(21,22)23/h6,8-11H,3-5,7,12-14H2,1-2H3,(H,24,27)/p+1. The van der Waals surface area contributed by atoms with Crippen molar-refractivity contribution >= 4 is 17.5 Å². The van der Waals surface area contributed by atoms with Gasteiger partial charge in [-0.3, -0.25) is 9.59 Å². The molecule has 9 heteroatoms. The molecule has 0 heterocycles. The van der Waals surface area contributed by atoms with E-state index in [1.54, 1.807) is 7.05 Å². The van der Waals surface area contributed by atoms with Crippen LogP contribution in [0.4, 0.5) is 18.9 Å². The maximum atomic E-state index is 12.6. The van der Waals surface area contributed by atoms with Gasteiger partial charge in [0.2, 0.25) is 0 Å². The van der Waals surface area contributed by atoms with Gasteiger partial charge in [0.1, 0.15) is 5.75 Å². The van der Waals surface area contributed by atoms with Gasteiger partial charge in [0.15, 0.2) is 13.1 Å². The van der Waals surface area contributed by atoms with Gasteiger partial charge in [-0.25, -0.2) is 0 Å². The third kappa shape index (κ3) is 7.77. The molecule has 2 rings (SSSR count). The fourth-order valence-corrected chi connectivity index (χ4v) is 3.19. The second-order valence-electron chi connectivity index (χ2n) is 7.06. The van der Waals surface area contributed by atoms with Gasteiger partial charge in [0.05, 0.1) is 7.05 Å². The first kappa shape index (κ1) is 22.7. The van der Waals surface area contributed by atoms with E-state index in [0.29, 0.717) is 12.2 Å². The van der Waals surface area contributed by atoms with Gasteiger partial charge in [-0.05, 0) is 49.9 Å². The predicted octanol–water partition coefficient (Wildman–Crippen LogP) is 2.34. The summed E-state index contributed by atoms with van der Waals surface area (Å²) < 4.78 is 40.3. The van der Waals surface area contributed by atoms with Crippen LogP contribution in [0.3, 0.4) is 0 Å². The number of rotatable bonds is 9. The number of ether oxygens (including phenoxy) is 1. The van der Waals surface area contributed by atoms with Crippen LogP contribution in [0.5, 0.6) is 5.75 Å². The molecule has 2 amide bonds. The Morgan fingerprint density at radius 2 is 1.90 bits per heavy atom. The number of nitrogens with zero attached hydrogens (tertiary/aromatic N) is 1. The van der Waals surface area contributed by atoms with Crippen molar-refractivity contribution in [2.45, 2.75) is 39.0 Å². The number of alkyl halides is 3. The third-order valence-corrected chi connectivity index (χ3v) is 4.40. The molecule has 1 aliphatic carbocycles. The first-order valence-electron chi connectivity index (χ1n) is 9.64. The summed E-state index contributed by atoms with van der Waals surface area (Å²) in [6.07, 6.45) is 1.14. The van der Waals surface area contributed by atoms with E-state index in [1.165, 1.54) is 12.1 Å². The molecule has 0 aromatic heterocycles. The summed E-state index contributed by atoms with van der Waals surface area (Å²) in [6, 6.07) is 4.91. The molecule has 0 radical (unpaired) electrons. The van der Waals surface area contributed by atoms with E-state index < -0.39 is 6.36 Å². The molecule has 0 bridgehead atoms. The molecule has 0 saturated heterocycles. The molecule has 0 saturated carbocycles. The number of benzene rings is 1. The largest absolute Gasteiger partial charge is 0.573 e. The highest BCUT2D eigenvalue weighted by Crippen LogP contribution is 2.24. The van der Waals surface area contributed by atoms with Crippen LogP contribution in [0.15, 0.2) is 36.0 Å². The lowest BCUT2D eigenvalue weighted by atomic mass is 10.2. The molecule has 0 fully saturated rings. The fourth-order valence-electron chi connectivity index (χ4n) is 3.19. The van der Waals surface area contributed by atoms with Gasteiger partial charge in [-0.1, -0.05) is 13.0 Å². The highest BCUT2D eigenvalue weighted by molar-refractivity contribution is 5.91. The zero-order valence-electron chi connectivity index (χ0n) is 16.6. The summed E-state index contributed by atoms with van der Waals surface area (Å²) in [4.78, 5) is 27.4. The van der Waals surface area contributed by atoms with Crippen molar-refractivity contribution in [3.05, 3.63) is 36.0 Å². The number of halogens is 3. The first-order chi connectivity index (χ1) is 13.7. The normalized spacial score (nSPS) is 14.9. The second-order valence-corrected chi connectivity index (χ2v) is 7.06. The number of quaternary nitrogens is 1. The predicted molar refractivity (Wildman–Crippen MR) is 102 cm³/mol. The van der Waals surface area contributed by atoms with Crippen LogP contribution in [0.25, 0.3) is 0 Å². The lowest BCUT2D eigenvalue weighted by molar-refractivity contribution is -0.862. The number of anilines is 1. The van der Waals surface area contributed by atoms with Gasteiger partial charge < -0.3 is 19.9 Å². The smallest absolute Gasteiger partial charge is 0.406 e. The Morgan fingerprint density at radius 1 is 1.21 bits per heavy atom. The highest BCUT2D eigenvalue weighted by Gasteiger charge is 2.31. The molecule has 2 N–H and O–H groups in total. The van der Waals surface area contributed by atoms with E-state index >= 15 is 0 Å². The van der Waals surface area contributed by atoms with Gasteiger partial charge >= 0.3 is 6.36 Å². The van der Waals surface area contributed by atoms with Crippen molar-refractivity contribution in [1.82, 2.24) is 4.90 Å². The molecule has 1 atom stereocenters. The number of likely N-dealkylation sites (N-methyl/N-ethyl adjacent to an activating group) is 1. The van der Waals surface area contributed by atoms with Crippen molar-refractivity contribution in [2.24, 2.45) is 0 Å². The summed E-state index contributed by atoms with van der Waals surface area (Å²) in [6.45, 7) is 2.93. The van der Waals surface area contributed by atoms with Crippen molar-refractivity contribution in [2.75, 3.05) is 32.0 Å². The molecular weight excluding hydrogens is 387 g/mol. The SMILES string of the molecule is CCCN(C(=O)C[NH+](C)CC(=O)Nc1ccc(OC(F)(F)F)cc1)C1=CCCC1. The molecular formula is C20H27F3N3O3+. The molecule has 0 aliphatic heterocycles. The van der Waals surface area contributed by atoms with Crippen molar-refractivity contribution < 1.29 is 32.4 Å². The first-order valence-corrected chi connectivity index (χ1v) is 9.64. The van der Waals surface area contributed by atoms with Crippen LogP contribution in [-0.4, -0.2) is 49.8 Å². The molecule has 1 aliphatic rings. The van der Waals surface area contributed by atoms with Crippen LogP contribution < -0.4 is 15.0 Å². The van der Waals surface area contributed by atoms with Crippen molar-refractivity contribution in [3.8, 4) is 5.75 Å². The van der Waals surface area contributed by atoms with Crippen LogP contribution in [-0.2, 0) is 9.59 Å². The Labute approximate surface area is 168 Å². The van der Waals surface area contributed by atoms with E-state index in [1.807, 2.05) is 11.8 Å². The fraction of sp³-hybridized carbons (Fsp3) is 0.500. The minimum Gasteiger partial charge on any atom is -0.406 e. The summed E-state index contributed by atoms with van der Waals surface area (Å²) in [5.41, 5.74) is 1.42. The summed E-state index contributed by atoms with van der Waals surface area (Å²) in [5.74, 6) is -0.707. The van der Waals surface area contributed by atoms with Gasteiger partial charge in [0.25, 0.3) is 11.8 Å². The maximum Gasteiger partial charge on any atom is 0.573 e. The zero-order chi connectivity index (χ0) is 21.4. The Morgan fingerprint density at radius 3 is 2.45 bits per heavy atom. The number of allylic oxidation sites excluding steroid dienone is 2. The zero-order valence-corrected chi connectivity index (χ0v) is 16.6. The molecule has 1 unspecified atom stereocenters. The molecule has 160 valence electrons. The summed E-state index contributed by atoms with van der Waals surface area (Å²) >= 11 is 0. The highest BCUT2D eigenvalue weighted by atomic mass is 19.4. The van der Waals surface area contributed by atoms with E-state index in [2.05, 4.69) is 16.1 Å². The van der Waals surface area contributed by atoms with E-state index in [0.717, 1.165) is 48.4 Å². The average molecular weight is 414 g/mol. The third-order valence-electron chi connectivity index (χ3n) is 4.40. The van der Waals surface area contributed by atoms with E-state index in [9.17, 15) is 22.8 Å². The number of carbonyl (C=O) groups excluding carboxylic acids is 2. The van der Waals surface area contributed by atoms with Gasteiger partial charge in [-0.2, -0.15) is 0 Å². The monoisotopic (exact) mass is 414 g/mol. The Bertz CT molecular complexity index is 733. The minimum absolute atomic E-state index is 0.0149. The van der Waals surface area contributed by atoms with Crippen LogP contribution in [0, 0.1) is 0 Å². The molecule has 0 spiro atoms. The molecule has 1 aromatic rings. The molecule has 1 aromatic carbocycles. The average Bonchev–Trinajstić information content (AvgIpc) is 3.14. The Hall–Kier alpha value is -2.55. The maximum absolute atomic E-state index is 12.6. The minimum atomic E-state index is -4.76.